The average Bonchev–Trinajstić information content (AvgIpc) is 2.49. The van der Waals surface area contributed by atoms with Gasteiger partial charge in [0.15, 0.2) is 0 Å². The molecule has 0 spiro atoms. The molecule has 1 aromatic carbocycles. The molecule has 2 rings (SSSR count). The molecule has 0 aromatic heterocycles. The Bertz CT molecular complexity index is 557. The van der Waals surface area contributed by atoms with Crippen molar-refractivity contribution < 1.29 is 18.4 Å². The zero-order valence-corrected chi connectivity index (χ0v) is 12.6. The molecule has 120 valence electrons. The van der Waals surface area contributed by atoms with Crippen molar-refractivity contribution in [2.45, 2.75) is 23.5 Å². The molecule has 1 unspecified atom stereocenters. The van der Waals surface area contributed by atoms with E-state index in [9.17, 15) is 18.4 Å². The van der Waals surface area contributed by atoms with Gasteiger partial charge in [-0.1, -0.05) is 23.9 Å². The number of anilines is 1. The number of nitrogens with zero attached hydrogens (tertiary/aromatic N) is 1. The number of carbonyl (C=O) groups is 2. The van der Waals surface area contributed by atoms with E-state index in [2.05, 4.69) is 5.32 Å². The van der Waals surface area contributed by atoms with Crippen molar-refractivity contribution >= 4 is 29.4 Å². The predicted octanol–water partition coefficient (Wildman–Crippen LogP) is 2.73. The fourth-order valence-corrected chi connectivity index (χ4v) is 2.95. The lowest BCUT2D eigenvalue weighted by Gasteiger charge is -2.31. The first-order valence-corrected chi connectivity index (χ1v) is 7.74. The van der Waals surface area contributed by atoms with Crippen LogP contribution in [0.1, 0.15) is 12.8 Å². The summed E-state index contributed by atoms with van der Waals surface area (Å²) < 4.78 is 25.0. The minimum Gasteiger partial charge on any atom is -0.369 e. The zero-order chi connectivity index (χ0) is 16.1. The van der Waals surface area contributed by atoms with Crippen molar-refractivity contribution in [1.29, 1.82) is 0 Å². The molecule has 0 bridgehead atoms. The summed E-state index contributed by atoms with van der Waals surface area (Å²) >= 11 is 0.378. The lowest BCUT2D eigenvalue weighted by molar-refractivity contribution is -0.123. The number of hydrogen-bond acceptors (Lipinski definition) is 3. The highest BCUT2D eigenvalue weighted by molar-refractivity contribution is 7.99. The summed E-state index contributed by atoms with van der Waals surface area (Å²) in [5.41, 5.74) is 5.61. The molecule has 1 fully saturated rings. The highest BCUT2D eigenvalue weighted by Gasteiger charge is 2.27. The summed E-state index contributed by atoms with van der Waals surface area (Å²) in [7, 11) is 0. The summed E-state index contributed by atoms with van der Waals surface area (Å²) in [4.78, 5) is 25.3. The molecule has 22 heavy (non-hydrogen) atoms. The predicted molar refractivity (Wildman–Crippen MR) is 80.8 cm³/mol. The Hall–Kier alpha value is -1.83. The van der Waals surface area contributed by atoms with Gasteiger partial charge in [-0.3, -0.25) is 4.79 Å². The Morgan fingerprint density at radius 3 is 2.77 bits per heavy atom. The van der Waals surface area contributed by atoms with Gasteiger partial charge in [-0.2, -0.15) is 8.78 Å². The van der Waals surface area contributed by atoms with Gasteiger partial charge >= 0.3 is 6.03 Å². The Labute approximate surface area is 131 Å². The van der Waals surface area contributed by atoms with Crippen molar-refractivity contribution in [2.24, 2.45) is 11.7 Å². The van der Waals surface area contributed by atoms with Crippen LogP contribution >= 0.6 is 11.8 Å². The van der Waals surface area contributed by atoms with Crippen LogP contribution < -0.4 is 11.1 Å². The number of alkyl halides is 2. The third-order valence-corrected chi connectivity index (χ3v) is 4.24. The van der Waals surface area contributed by atoms with Gasteiger partial charge in [0, 0.05) is 18.0 Å². The summed E-state index contributed by atoms with van der Waals surface area (Å²) in [6, 6.07) is 5.97. The van der Waals surface area contributed by atoms with Gasteiger partial charge in [0.25, 0.3) is 5.76 Å². The Kier molecular flexibility index (Phi) is 5.59. The molecule has 1 atom stereocenters. The molecule has 5 nitrogen and oxygen atoms in total. The van der Waals surface area contributed by atoms with Gasteiger partial charge in [-0.15, -0.1) is 0 Å². The zero-order valence-electron chi connectivity index (χ0n) is 11.8. The third kappa shape index (κ3) is 4.33. The summed E-state index contributed by atoms with van der Waals surface area (Å²) in [6.07, 6.45) is 1.35. The van der Waals surface area contributed by atoms with Crippen molar-refractivity contribution in [3.63, 3.8) is 0 Å². The average molecular weight is 329 g/mol. The first-order chi connectivity index (χ1) is 10.5. The number of urea groups is 1. The molecule has 1 saturated heterocycles. The topological polar surface area (TPSA) is 75.4 Å². The molecule has 1 aliphatic heterocycles. The molecule has 0 radical (unpaired) electrons. The number of thioether (sulfide) groups is 1. The number of rotatable bonds is 4. The first-order valence-electron chi connectivity index (χ1n) is 6.86. The standard InChI is InChI=1S/C14H17F2N3O2S/c15-13(16)22-11-6-2-1-5-10(11)18-14(21)19-7-3-4-9(8-19)12(17)20/h1-2,5-6,9,13H,3-4,7-8H2,(H2,17,20)(H,18,21). The fourth-order valence-electron chi connectivity index (χ4n) is 2.36. The smallest absolute Gasteiger partial charge is 0.321 e. The van der Waals surface area contributed by atoms with Gasteiger partial charge < -0.3 is 16.0 Å². The molecule has 0 saturated carbocycles. The second-order valence-corrected chi connectivity index (χ2v) is 6.02. The van der Waals surface area contributed by atoms with E-state index in [1.54, 1.807) is 18.2 Å². The molecular formula is C14H17F2N3O2S. The van der Waals surface area contributed by atoms with Gasteiger partial charge in [0.1, 0.15) is 0 Å². The maximum absolute atomic E-state index is 12.5. The van der Waals surface area contributed by atoms with Crippen LogP contribution in [-0.2, 0) is 4.79 Å². The Balaban J connectivity index is 2.04. The fraction of sp³-hybridized carbons (Fsp3) is 0.429. The molecule has 1 heterocycles. The van der Waals surface area contributed by atoms with Crippen LogP contribution in [0.15, 0.2) is 29.2 Å². The Morgan fingerprint density at radius 2 is 2.09 bits per heavy atom. The van der Waals surface area contributed by atoms with Gasteiger partial charge in [0.05, 0.1) is 11.6 Å². The van der Waals surface area contributed by atoms with Crippen molar-refractivity contribution in [2.75, 3.05) is 18.4 Å². The lowest BCUT2D eigenvalue weighted by atomic mass is 9.98. The van der Waals surface area contributed by atoms with Gasteiger partial charge in [-0.25, -0.2) is 4.79 Å². The van der Waals surface area contributed by atoms with Crippen LogP contribution in [0.25, 0.3) is 0 Å². The number of benzene rings is 1. The normalized spacial score (nSPS) is 18.3. The van der Waals surface area contributed by atoms with E-state index in [0.717, 1.165) is 0 Å². The molecular weight excluding hydrogens is 312 g/mol. The second kappa shape index (κ2) is 7.44. The van der Waals surface area contributed by atoms with Gasteiger partial charge in [-0.05, 0) is 25.0 Å². The highest BCUT2D eigenvalue weighted by atomic mass is 32.2. The van der Waals surface area contributed by atoms with Crippen LogP contribution in [-0.4, -0.2) is 35.7 Å². The van der Waals surface area contributed by atoms with E-state index in [1.165, 1.54) is 11.0 Å². The maximum Gasteiger partial charge on any atom is 0.321 e. The number of piperidine rings is 1. The third-order valence-electron chi connectivity index (χ3n) is 3.46. The quantitative estimate of drug-likeness (QED) is 0.834. The molecule has 8 heteroatoms. The largest absolute Gasteiger partial charge is 0.369 e. The van der Waals surface area contributed by atoms with Crippen molar-refractivity contribution in [1.82, 2.24) is 4.90 Å². The number of para-hydroxylation sites is 1. The molecule has 1 aromatic rings. The number of likely N-dealkylation sites (tertiary alicyclic amines) is 1. The van der Waals surface area contributed by atoms with Crippen LogP contribution in [0.5, 0.6) is 0 Å². The number of primary amides is 1. The Morgan fingerprint density at radius 1 is 1.36 bits per heavy atom. The maximum atomic E-state index is 12.5. The van der Waals surface area contributed by atoms with Crippen molar-refractivity contribution in [3.05, 3.63) is 24.3 Å². The highest BCUT2D eigenvalue weighted by Crippen LogP contribution is 2.32. The molecule has 3 N–H and O–H groups in total. The van der Waals surface area contributed by atoms with E-state index < -0.39 is 17.7 Å². The number of nitrogens with two attached hydrogens (primary N) is 1. The van der Waals surface area contributed by atoms with Crippen LogP contribution in [0.2, 0.25) is 0 Å². The van der Waals surface area contributed by atoms with E-state index in [1.807, 2.05) is 0 Å². The second-order valence-electron chi connectivity index (χ2n) is 4.99. The SMILES string of the molecule is NC(=O)C1CCCN(C(=O)Nc2ccccc2SC(F)F)C1. The number of carbonyl (C=O) groups excluding carboxylic acids is 2. The lowest BCUT2D eigenvalue weighted by Crippen LogP contribution is -2.45. The molecule has 1 aliphatic rings. The number of nitrogens with one attached hydrogen (secondary N) is 1. The summed E-state index contributed by atoms with van der Waals surface area (Å²) in [6.45, 7) is 0.769. The number of hydrogen-bond donors (Lipinski definition) is 2. The van der Waals surface area contributed by atoms with Crippen LogP contribution in [0, 0.1) is 5.92 Å². The van der Waals surface area contributed by atoms with Crippen molar-refractivity contribution in [3.8, 4) is 0 Å². The minimum atomic E-state index is -2.56. The summed E-state index contributed by atoms with van der Waals surface area (Å²) in [5.74, 6) is -3.34. The molecule has 3 amide bonds. The van der Waals surface area contributed by atoms with E-state index in [0.29, 0.717) is 41.7 Å². The van der Waals surface area contributed by atoms with Crippen LogP contribution in [0.3, 0.4) is 0 Å². The van der Waals surface area contributed by atoms with E-state index in [4.69, 9.17) is 5.73 Å². The number of halogens is 2. The molecule has 0 aliphatic carbocycles. The number of amides is 3. The minimum absolute atomic E-state index is 0.255. The van der Waals surface area contributed by atoms with Crippen LogP contribution in [0.4, 0.5) is 19.3 Å². The monoisotopic (exact) mass is 329 g/mol. The summed E-state index contributed by atoms with van der Waals surface area (Å²) in [5, 5.41) is 2.63. The van der Waals surface area contributed by atoms with E-state index in [-0.39, 0.29) is 12.5 Å². The first kappa shape index (κ1) is 16.5. The van der Waals surface area contributed by atoms with Gasteiger partial charge in [0.2, 0.25) is 5.91 Å². The van der Waals surface area contributed by atoms with E-state index >= 15 is 0 Å².